The Morgan fingerprint density at radius 1 is 0.762 bits per heavy atom. The molecular weight excluding hydrogens is 268 g/mol. The molecule has 2 aliphatic heterocycles. The Kier molecular flexibility index (Phi) is 7.96. The largest absolute Gasteiger partial charge is 0.379 e. The van der Waals surface area contributed by atoms with Crippen LogP contribution in [0.5, 0.6) is 0 Å². The number of hydrogen-bond donors (Lipinski definition) is 0. The van der Waals surface area contributed by atoms with Gasteiger partial charge >= 0.3 is 0 Å². The molecule has 0 bridgehead atoms. The van der Waals surface area contributed by atoms with Crippen LogP contribution in [0, 0.1) is 0 Å². The van der Waals surface area contributed by atoms with E-state index in [0.29, 0.717) is 0 Å². The van der Waals surface area contributed by atoms with Gasteiger partial charge in [-0.3, -0.25) is 9.80 Å². The van der Waals surface area contributed by atoms with Crippen molar-refractivity contribution in [2.75, 3.05) is 52.6 Å². The molecule has 2 heterocycles. The third-order valence-electron chi connectivity index (χ3n) is 4.29. The Labute approximate surface area is 129 Å². The molecule has 0 aromatic heterocycles. The summed E-state index contributed by atoms with van der Waals surface area (Å²) < 4.78 is 17.5. The first kappa shape index (κ1) is 17.2. The molecule has 0 spiro atoms. The highest BCUT2D eigenvalue weighted by molar-refractivity contribution is 4.72. The van der Waals surface area contributed by atoms with Gasteiger partial charge in [0.15, 0.2) is 0 Å². The van der Waals surface area contributed by atoms with Gasteiger partial charge in [0.2, 0.25) is 0 Å². The predicted molar refractivity (Wildman–Crippen MR) is 83.3 cm³/mol. The molecule has 124 valence electrons. The lowest BCUT2D eigenvalue weighted by Gasteiger charge is -2.40. The molecule has 2 fully saturated rings. The van der Waals surface area contributed by atoms with Crippen LogP contribution >= 0.6 is 0 Å². The van der Waals surface area contributed by atoms with Gasteiger partial charge in [-0.25, -0.2) is 0 Å². The normalized spacial score (nSPS) is 24.9. The van der Waals surface area contributed by atoms with Crippen LogP contribution in [0.2, 0.25) is 0 Å². The second-order valence-electron chi connectivity index (χ2n) is 5.92. The minimum Gasteiger partial charge on any atom is -0.379 e. The van der Waals surface area contributed by atoms with Crippen molar-refractivity contribution in [3.05, 3.63) is 0 Å². The van der Waals surface area contributed by atoms with Crippen LogP contribution in [0.15, 0.2) is 0 Å². The van der Waals surface area contributed by atoms with Crippen LogP contribution in [0.4, 0.5) is 0 Å². The molecule has 2 unspecified atom stereocenters. The van der Waals surface area contributed by atoms with E-state index in [4.69, 9.17) is 14.2 Å². The van der Waals surface area contributed by atoms with E-state index in [1.54, 1.807) is 0 Å². The van der Waals surface area contributed by atoms with Gasteiger partial charge in [0, 0.05) is 26.2 Å². The summed E-state index contributed by atoms with van der Waals surface area (Å²) in [5.41, 5.74) is 0. The lowest BCUT2D eigenvalue weighted by Crippen LogP contribution is -2.51. The van der Waals surface area contributed by atoms with Gasteiger partial charge in [-0.05, 0) is 12.8 Å². The van der Waals surface area contributed by atoms with Crippen molar-refractivity contribution in [1.29, 1.82) is 0 Å². The molecule has 0 saturated carbocycles. The topological polar surface area (TPSA) is 34.2 Å². The summed E-state index contributed by atoms with van der Waals surface area (Å²) in [5, 5.41) is 0. The average Bonchev–Trinajstić information content (AvgIpc) is 2.55. The summed E-state index contributed by atoms with van der Waals surface area (Å²) in [6.45, 7) is 11.8. The van der Waals surface area contributed by atoms with E-state index in [9.17, 15) is 0 Å². The number of rotatable bonds is 8. The van der Waals surface area contributed by atoms with Gasteiger partial charge in [0.25, 0.3) is 0 Å². The molecule has 5 nitrogen and oxygen atoms in total. The summed E-state index contributed by atoms with van der Waals surface area (Å²) >= 11 is 0. The van der Waals surface area contributed by atoms with Crippen LogP contribution in [-0.2, 0) is 14.2 Å². The standard InChI is InChI=1S/C16H32N2O3/c1-3-5-15(17-7-11-19-12-8-17)21-16(6-4-2)18-9-13-20-14-10-18/h15-16H,3-14H2,1-2H3. The zero-order valence-corrected chi connectivity index (χ0v) is 13.8. The van der Waals surface area contributed by atoms with E-state index >= 15 is 0 Å². The Hall–Kier alpha value is -0.200. The van der Waals surface area contributed by atoms with E-state index in [0.717, 1.165) is 78.3 Å². The number of hydrogen-bond acceptors (Lipinski definition) is 5. The highest BCUT2D eigenvalue weighted by atomic mass is 16.5. The highest BCUT2D eigenvalue weighted by Crippen LogP contribution is 2.19. The fourth-order valence-electron chi connectivity index (χ4n) is 3.08. The molecule has 21 heavy (non-hydrogen) atoms. The summed E-state index contributed by atoms with van der Waals surface area (Å²) in [6.07, 6.45) is 4.99. The summed E-state index contributed by atoms with van der Waals surface area (Å²) in [4.78, 5) is 4.91. The zero-order valence-electron chi connectivity index (χ0n) is 13.8. The molecule has 2 aliphatic rings. The van der Waals surface area contributed by atoms with Gasteiger partial charge in [-0.1, -0.05) is 26.7 Å². The fraction of sp³-hybridized carbons (Fsp3) is 1.00. The fourth-order valence-corrected chi connectivity index (χ4v) is 3.08. The van der Waals surface area contributed by atoms with Gasteiger partial charge in [-0.2, -0.15) is 0 Å². The number of morpholine rings is 2. The van der Waals surface area contributed by atoms with Crippen molar-refractivity contribution in [2.45, 2.75) is 52.0 Å². The quantitative estimate of drug-likeness (QED) is 0.684. The van der Waals surface area contributed by atoms with Crippen LogP contribution < -0.4 is 0 Å². The monoisotopic (exact) mass is 300 g/mol. The van der Waals surface area contributed by atoms with Crippen molar-refractivity contribution in [3.8, 4) is 0 Å². The minimum absolute atomic E-state index is 0.235. The van der Waals surface area contributed by atoms with E-state index in [2.05, 4.69) is 23.6 Å². The molecule has 0 aliphatic carbocycles. The van der Waals surface area contributed by atoms with Gasteiger partial charge in [0.1, 0.15) is 12.5 Å². The lowest BCUT2D eigenvalue weighted by molar-refractivity contribution is -0.183. The predicted octanol–water partition coefficient (Wildman–Crippen LogP) is 1.92. The molecular formula is C16H32N2O3. The SMILES string of the molecule is CCCC(OC(CCC)N1CCOCC1)N1CCOCC1. The van der Waals surface area contributed by atoms with Crippen LogP contribution in [0.25, 0.3) is 0 Å². The molecule has 0 aromatic rings. The van der Waals surface area contributed by atoms with Crippen LogP contribution in [-0.4, -0.2) is 74.9 Å². The smallest absolute Gasteiger partial charge is 0.112 e. The van der Waals surface area contributed by atoms with E-state index < -0.39 is 0 Å². The first-order chi connectivity index (χ1) is 10.3. The van der Waals surface area contributed by atoms with Crippen molar-refractivity contribution in [3.63, 3.8) is 0 Å². The minimum atomic E-state index is 0.235. The van der Waals surface area contributed by atoms with Crippen molar-refractivity contribution < 1.29 is 14.2 Å². The number of nitrogens with zero attached hydrogens (tertiary/aromatic N) is 2. The first-order valence-corrected chi connectivity index (χ1v) is 8.64. The average molecular weight is 300 g/mol. The second kappa shape index (κ2) is 9.74. The van der Waals surface area contributed by atoms with E-state index in [1.165, 1.54) is 0 Å². The van der Waals surface area contributed by atoms with Crippen LogP contribution in [0.1, 0.15) is 39.5 Å². The summed E-state index contributed by atoms with van der Waals surface area (Å²) in [6, 6.07) is 0. The Bertz CT molecular complexity index is 240. The first-order valence-electron chi connectivity index (χ1n) is 8.64. The molecule has 2 saturated heterocycles. The maximum atomic E-state index is 6.55. The summed E-state index contributed by atoms with van der Waals surface area (Å²) in [7, 11) is 0. The van der Waals surface area contributed by atoms with Crippen molar-refractivity contribution >= 4 is 0 Å². The second-order valence-corrected chi connectivity index (χ2v) is 5.92. The Morgan fingerprint density at radius 2 is 1.14 bits per heavy atom. The molecule has 5 heteroatoms. The third kappa shape index (κ3) is 5.49. The van der Waals surface area contributed by atoms with E-state index in [1.807, 2.05) is 0 Å². The molecule has 0 amide bonds. The highest BCUT2D eigenvalue weighted by Gasteiger charge is 2.27. The Morgan fingerprint density at radius 3 is 1.48 bits per heavy atom. The van der Waals surface area contributed by atoms with Gasteiger partial charge in [0.05, 0.1) is 26.4 Å². The maximum Gasteiger partial charge on any atom is 0.112 e. The van der Waals surface area contributed by atoms with E-state index in [-0.39, 0.29) is 12.5 Å². The summed E-state index contributed by atoms with van der Waals surface area (Å²) in [5.74, 6) is 0. The van der Waals surface area contributed by atoms with Gasteiger partial charge < -0.3 is 14.2 Å². The van der Waals surface area contributed by atoms with Crippen molar-refractivity contribution in [2.24, 2.45) is 0 Å². The van der Waals surface area contributed by atoms with Crippen LogP contribution in [0.3, 0.4) is 0 Å². The van der Waals surface area contributed by atoms with Gasteiger partial charge in [-0.15, -0.1) is 0 Å². The number of ether oxygens (including phenoxy) is 3. The third-order valence-corrected chi connectivity index (χ3v) is 4.29. The molecule has 0 radical (unpaired) electrons. The molecule has 2 rings (SSSR count). The molecule has 0 N–H and O–H groups in total. The Balaban J connectivity index is 1.92. The zero-order chi connectivity index (χ0) is 14.9. The van der Waals surface area contributed by atoms with Crippen molar-refractivity contribution in [1.82, 2.24) is 9.80 Å². The lowest BCUT2D eigenvalue weighted by atomic mass is 10.2. The maximum absolute atomic E-state index is 6.55. The molecule has 2 atom stereocenters. The molecule has 0 aromatic carbocycles.